The van der Waals surface area contributed by atoms with Gasteiger partial charge in [-0.3, -0.25) is 4.79 Å². The number of carbonyl (C=O) groups is 1. The molecule has 0 saturated heterocycles. The van der Waals surface area contributed by atoms with E-state index in [1.165, 1.54) is 0 Å². The fourth-order valence-electron chi connectivity index (χ4n) is 1.92. The van der Waals surface area contributed by atoms with E-state index in [4.69, 9.17) is 0 Å². The summed E-state index contributed by atoms with van der Waals surface area (Å²) >= 11 is 3.51. The van der Waals surface area contributed by atoms with Gasteiger partial charge in [-0.15, -0.1) is 0 Å². The molecule has 0 aliphatic rings. The van der Waals surface area contributed by atoms with E-state index in [2.05, 4.69) is 21.2 Å². The lowest BCUT2D eigenvalue weighted by Gasteiger charge is -2.23. The van der Waals surface area contributed by atoms with Gasteiger partial charge in [0, 0.05) is 24.6 Å². The summed E-state index contributed by atoms with van der Waals surface area (Å²) in [4.78, 5) is 14.0. The predicted molar refractivity (Wildman–Crippen MR) is 78.3 cm³/mol. The van der Waals surface area contributed by atoms with E-state index in [1.807, 2.05) is 45.3 Å². The first-order valence-electron chi connectivity index (χ1n) is 6.23. The number of benzene rings is 1. The molecular formula is C14H21BrN2O. The first-order valence-corrected chi connectivity index (χ1v) is 7.02. The Balaban J connectivity index is 2.67. The highest BCUT2D eigenvalue weighted by Gasteiger charge is 2.19. The zero-order chi connectivity index (χ0) is 13.5. The molecule has 0 aromatic heterocycles. The summed E-state index contributed by atoms with van der Waals surface area (Å²) in [6, 6.07) is 8.00. The Bertz CT molecular complexity index is 395. The fourth-order valence-corrected chi connectivity index (χ4v) is 2.33. The average Bonchev–Trinajstić information content (AvgIpc) is 2.37. The number of hydrogen-bond donors (Lipinski definition) is 1. The minimum Gasteiger partial charge on any atom is -0.341 e. The van der Waals surface area contributed by atoms with E-state index in [1.54, 1.807) is 4.90 Å². The Morgan fingerprint density at radius 3 is 2.67 bits per heavy atom. The number of amides is 1. The Morgan fingerprint density at radius 1 is 1.44 bits per heavy atom. The van der Waals surface area contributed by atoms with Crippen LogP contribution in [0.5, 0.6) is 0 Å². The van der Waals surface area contributed by atoms with Crippen molar-refractivity contribution in [3.05, 3.63) is 34.3 Å². The molecule has 4 heteroatoms. The van der Waals surface area contributed by atoms with Gasteiger partial charge in [-0.25, -0.2) is 0 Å². The predicted octanol–water partition coefficient (Wildman–Crippen LogP) is 2.65. The third kappa shape index (κ3) is 4.10. The van der Waals surface area contributed by atoms with Crippen LogP contribution in [0.1, 0.15) is 18.9 Å². The summed E-state index contributed by atoms with van der Waals surface area (Å²) in [5.41, 5.74) is 1.13. The van der Waals surface area contributed by atoms with Crippen molar-refractivity contribution in [3.63, 3.8) is 0 Å². The van der Waals surface area contributed by atoms with Gasteiger partial charge in [0.2, 0.25) is 5.91 Å². The van der Waals surface area contributed by atoms with Crippen molar-refractivity contribution in [1.29, 1.82) is 0 Å². The molecule has 1 rings (SSSR count). The molecule has 0 heterocycles. The van der Waals surface area contributed by atoms with Crippen LogP contribution in [0.2, 0.25) is 0 Å². The highest BCUT2D eigenvalue weighted by molar-refractivity contribution is 9.10. The van der Waals surface area contributed by atoms with Gasteiger partial charge >= 0.3 is 0 Å². The van der Waals surface area contributed by atoms with E-state index in [0.717, 1.165) is 23.0 Å². The van der Waals surface area contributed by atoms with Gasteiger partial charge < -0.3 is 10.2 Å². The van der Waals surface area contributed by atoms with E-state index in [9.17, 15) is 4.79 Å². The molecular weight excluding hydrogens is 292 g/mol. The van der Waals surface area contributed by atoms with Crippen LogP contribution < -0.4 is 5.32 Å². The molecule has 0 bridgehead atoms. The number of carbonyl (C=O) groups excluding carboxylic acids is 1. The molecule has 1 unspecified atom stereocenters. The van der Waals surface area contributed by atoms with Crippen LogP contribution in [0.4, 0.5) is 0 Å². The van der Waals surface area contributed by atoms with Crippen LogP contribution in [0.15, 0.2) is 28.7 Å². The molecule has 1 atom stereocenters. The Morgan fingerprint density at radius 2 is 2.11 bits per heavy atom. The summed E-state index contributed by atoms with van der Waals surface area (Å²) in [7, 11) is 3.74. The summed E-state index contributed by atoms with van der Waals surface area (Å²) in [5.74, 6) is 0.255. The Hall–Kier alpha value is -0.870. The second-order valence-corrected chi connectivity index (χ2v) is 5.30. The molecule has 1 amide bonds. The van der Waals surface area contributed by atoms with E-state index < -0.39 is 0 Å². The summed E-state index contributed by atoms with van der Waals surface area (Å²) in [6.07, 6.45) is 0.861. The van der Waals surface area contributed by atoms with Gasteiger partial charge in [-0.05, 0) is 25.1 Å². The zero-order valence-electron chi connectivity index (χ0n) is 11.2. The fraction of sp³-hybridized carbons (Fsp3) is 0.500. The summed E-state index contributed by atoms with van der Waals surface area (Å²) < 4.78 is 1.05. The van der Waals surface area contributed by atoms with Gasteiger partial charge in [0.15, 0.2) is 0 Å². The maximum Gasteiger partial charge on any atom is 0.226 e. The minimum atomic E-state index is 0.0579. The molecule has 18 heavy (non-hydrogen) atoms. The zero-order valence-corrected chi connectivity index (χ0v) is 12.8. The Kier molecular flexibility index (Phi) is 6.36. The third-order valence-electron chi connectivity index (χ3n) is 3.03. The average molecular weight is 313 g/mol. The molecule has 1 aromatic carbocycles. The van der Waals surface area contributed by atoms with Gasteiger partial charge in [0.25, 0.3) is 0 Å². The van der Waals surface area contributed by atoms with Crippen LogP contribution in [0.3, 0.4) is 0 Å². The highest BCUT2D eigenvalue weighted by atomic mass is 79.9. The van der Waals surface area contributed by atoms with Crippen molar-refractivity contribution in [2.45, 2.75) is 19.9 Å². The van der Waals surface area contributed by atoms with Gasteiger partial charge in [0.05, 0.1) is 5.92 Å². The van der Waals surface area contributed by atoms with Crippen molar-refractivity contribution < 1.29 is 4.79 Å². The maximum absolute atomic E-state index is 12.3. The number of nitrogens with zero attached hydrogens (tertiary/aromatic N) is 1. The number of halogens is 1. The van der Waals surface area contributed by atoms with Crippen LogP contribution >= 0.6 is 15.9 Å². The molecule has 0 saturated carbocycles. The lowest BCUT2D eigenvalue weighted by Crippen LogP contribution is -2.36. The lowest BCUT2D eigenvalue weighted by atomic mass is 10.0. The molecule has 0 aliphatic carbocycles. The summed E-state index contributed by atoms with van der Waals surface area (Å²) in [6.45, 7) is 3.42. The molecule has 1 N–H and O–H groups in total. The topological polar surface area (TPSA) is 32.3 Å². The van der Waals surface area contributed by atoms with Crippen LogP contribution in [-0.2, 0) is 11.3 Å². The van der Waals surface area contributed by atoms with Crippen LogP contribution in [0.25, 0.3) is 0 Å². The van der Waals surface area contributed by atoms with E-state index >= 15 is 0 Å². The second kappa shape index (κ2) is 7.54. The number of rotatable bonds is 6. The molecule has 0 radical (unpaired) electrons. The van der Waals surface area contributed by atoms with Gasteiger partial charge in [-0.1, -0.05) is 41.1 Å². The smallest absolute Gasteiger partial charge is 0.226 e. The molecule has 0 spiro atoms. The van der Waals surface area contributed by atoms with E-state index in [-0.39, 0.29) is 11.8 Å². The monoisotopic (exact) mass is 312 g/mol. The first-order chi connectivity index (χ1) is 8.60. The lowest BCUT2D eigenvalue weighted by molar-refractivity contribution is -0.134. The molecule has 100 valence electrons. The number of hydrogen-bond acceptors (Lipinski definition) is 2. The van der Waals surface area contributed by atoms with Crippen molar-refractivity contribution >= 4 is 21.8 Å². The van der Waals surface area contributed by atoms with Crippen molar-refractivity contribution in [2.24, 2.45) is 5.92 Å². The third-order valence-corrected chi connectivity index (χ3v) is 3.81. The van der Waals surface area contributed by atoms with Gasteiger partial charge in [-0.2, -0.15) is 0 Å². The normalized spacial score (nSPS) is 12.2. The van der Waals surface area contributed by atoms with Gasteiger partial charge in [0.1, 0.15) is 0 Å². The highest BCUT2D eigenvalue weighted by Crippen LogP contribution is 2.18. The van der Waals surface area contributed by atoms with Crippen molar-refractivity contribution in [1.82, 2.24) is 10.2 Å². The quantitative estimate of drug-likeness (QED) is 0.876. The molecule has 3 nitrogen and oxygen atoms in total. The SMILES string of the molecule is CCC(CNC)C(=O)N(C)Cc1ccccc1Br. The molecule has 0 fully saturated rings. The molecule has 0 aliphatic heterocycles. The van der Waals surface area contributed by atoms with Crippen LogP contribution in [0, 0.1) is 5.92 Å². The first kappa shape index (κ1) is 15.2. The second-order valence-electron chi connectivity index (χ2n) is 4.45. The number of nitrogens with one attached hydrogen (secondary N) is 1. The Labute approximate surface area is 118 Å². The summed E-state index contributed by atoms with van der Waals surface area (Å²) in [5, 5.41) is 3.07. The largest absolute Gasteiger partial charge is 0.341 e. The maximum atomic E-state index is 12.3. The standard InChI is InChI=1S/C14H21BrN2O/c1-4-11(9-16-2)14(18)17(3)10-12-7-5-6-8-13(12)15/h5-8,11,16H,4,9-10H2,1-3H3. The van der Waals surface area contributed by atoms with Crippen LogP contribution in [-0.4, -0.2) is 31.4 Å². The van der Waals surface area contributed by atoms with Crippen molar-refractivity contribution in [3.8, 4) is 0 Å². The molecule has 1 aromatic rings. The van der Waals surface area contributed by atoms with Crippen molar-refractivity contribution in [2.75, 3.05) is 20.6 Å². The minimum absolute atomic E-state index is 0.0579. The van der Waals surface area contributed by atoms with E-state index in [0.29, 0.717) is 6.54 Å².